The molecule has 0 radical (unpaired) electrons. The highest BCUT2D eigenvalue weighted by molar-refractivity contribution is 9.11. The monoisotopic (exact) mass is 549 g/mol. The molecule has 2 aromatic rings. The van der Waals surface area contributed by atoms with Gasteiger partial charge in [0.15, 0.2) is 5.75 Å². The van der Waals surface area contributed by atoms with Gasteiger partial charge in [0.2, 0.25) is 0 Å². The second-order valence-corrected chi connectivity index (χ2v) is 7.77. The first kappa shape index (κ1) is 20.7. The molecule has 0 spiro atoms. The van der Waals surface area contributed by atoms with Gasteiger partial charge < -0.3 is 14.7 Å². The number of carboxylic acid groups (broad SMARTS) is 1. The van der Waals surface area contributed by atoms with Crippen LogP contribution in [0.4, 0.5) is 0 Å². The second-order valence-electron chi connectivity index (χ2n) is 5.14. The molecule has 6 nitrogen and oxygen atoms in total. The van der Waals surface area contributed by atoms with Crippen LogP contribution in [0.5, 0.6) is 17.2 Å². The molecule has 0 unspecified atom stereocenters. The lowest BCUT2D eigenvalue weighted by Gasteiger charge is -2.12. The SMILES string of the molecule is O=C(O)CCCC(=O)NOc1ccc(Oc2ccc(Br)cc2Br)c(Br)c1. The van der Waals surface area contributed by atoms with E-state index in [0.29, 0.717) is 21.7 Å². The normalized spacial score (nSPS) is 10.3. The third kappa shape index (κ3) is 6.62. The Kier molecular flexibility index (Phi) is 7.92. The zero-order chi connectivity index (χ0) is 19.1. The number of hydroxylamine groups is 1. The number of hydrogen-bond acceptors (Lipinski definition) is 4. The fraction of sp³-hybridized carbons (Fsp3) is 0.176. The fourth-order valence-electron chi connectivity index (χ4n) is 1.87. The minimum Gasteiger partial charge on any atom is -0.481 e. The summed E-state index contributed by atoms with van der Waals surface area (Å²) in [6.45, 7) is 0. The molecule has 1 amide bonds. The van der Waals surface area contributed by atoms with E-state index in [9.17, 15) is 9.59 Å². The van der Waals surface area contributed by atoms with E-state index < -0.39 is 5.97 Å². The molecule has 26 heavy (non-hydrogen) atoms. The van der Waals surface area contributed by atoms with Gasteiger partial charge in [-0.1, -0.05) is 15.9 Å². The van der Waals surface area contributed by atoms with E-state index in [2.05, 4.69) is 53.3 Å². The van der Waals surface area contributed by atoms with Crippen molar-refractivity contribution in [2.75, 3.05) is 0 Å². The number of carbonyl (C=O) groups excluding carboxylic acids is 1. The molecule has 2 N–H and O–H groups in total. The van der Waals surface area contributed by atoms with E-state index >= 15 is 0 Å². The van der Waals surface area contributed by atoms with E-state index in [4.69, 9.17) is 14.7 Å². The number of ether oxygens (including phenoxy) is 1. The van der Waals surface area contributed by atoms with Crippen LogP contribution < -0.4 is 15.1 Å². The molecule has 0 bridgehead atoms. The molecular formula is C17H14Br3NO5. The third-order valence-corrected chi connectivity index (χ3v) is 4.83. The first-order valence-corrected chi connectivity index (χ1v) is 9.83. The molecule has 0 aliphatic carbocycles. The standard InChI is InChI=1S/C17H14Br3NO5/c18-10-4-6-14(12(19)8-10)25-15-7-5-11(9-13(15)20)26-21-16(22)2-1-3-17(23)24/h4-9H,1-3H2,(H,21,22)(H,23,24). The predicted molar refractivity (Wildman–Crippen MR) is 106 cm³/mol. The predicted octanol–water partition coefficient (Wildman–Crippen LogP) is 5.43. The Labute approximate surface area is 175 Å². The van der Waals surface area contributed by atoms with Crippen LogP contribution in [0.3, 0.4) is 0 Å². The summed E-state index contributed by atoms with van der Waals surface area (Å²) in [5.74, 6) is 0.310. The van der Waals surface area contributed by atoms with E-state index in [-0.39, 0.29) is 25.2 Å². The highest BCUT2D eigenvalue weighted by atomic mass is 79.9. The number of aliphatic carboxylic acids is 1. The van der Waals surface area contributed by atoms with Crippen molar-refractivity contribution in [3.8, 4) is 17.2 Å². The molecule has 0 atom stereocenters. The van der Waals surface area contributed by atoms with Crippen LogP contribution in [0.2, 0.25) is 0 Å². The molecule has 0 aliphatic heterocycles. The van der Waals surface area contributed by atoms with Crippen molar-refractivity contribution in [2.24, 2.45) is 0 Å². The molecule has 0 saturated carbocycles. The van der Waals surface area contributed by atoms with Gasteiger partial charge in [0.05, 0.1) is 8.95 Å². The summed E-state index contributed by atoms with van der Waals surface area (Å²) in [5.41, 5.74) is 2.28. The van der Waals surface area contributed by atoms with Crippen molar-refractivity contribution in [1.29, 1.82) is 0 Å². The van der Waals surface area contributed by atoms with Crippen molar-refractivity contribution in [3.63, 3.8) is 0 Å². The summed E-state index contributed by atoms with van der Waals surface area (Å²) in [6.07, 6.45) is 0.270. The summed E-state index contributed by atoms with van der Waals surface area (Å²) in [7, 11) is 0. The minimum absolute atomic E-state index is 0.0589. The number of carboxylic acids is 1. The number of halogens is 3. The van der Waals surface area contributed by atoms with Crippen molar-refractivity contribution < 1.29 is 24.3 Å². The summed E-state index contributed by atoms with van der Waals surface area (Å²) >= 11 is 10.2. The summed E-state index contributed by atoms with van der Waals surface area (Å²) in [5, 5.41) is 8.54. The summed E-state index contributed by atoms with van der Waals surface area (Å²) in [4.78, 5) is 27.2. The third-order valence-electron chi connectivity index (χ3n) is 3.09. The van der Waals surface area contributed by atoms with Crippen molar-refractivity contribution in [2.45, 2.75) is 19.3 Å². The van der Waals surface area contributed by atoms with Crippen LogP contribution in [-0.2, 0) is 9.59 Å². The van der Waals surface area contributed by atoms with Gasteiger partial charge in [0.1, 0.15) is 11.5 Å². The smallest absolute Gasteiger partial charge is 0.303 e. The van der Waals surface area contributed by atoms with Crippen LogP contribution in [-0.4, -0.2) is 17.0 Å². The highest BCUT2D eigenvalue weighted by Crippen LogP contribution is 2.36. The lowest BCUT2D eigenvalue weighted by Crippen LogP contribution is -2.26. The van der Waals surface area contributed by atoms with Crippen LogP contribution >= 0.6 is 47.8 Å². The Morgan fingerprint density at radius 2 is 1.62 bits per heavy atom. The van der Waals surface area contributed by atoms with Gasteiger partial charge in [-0.15, -0.1) is 0 Å². The van der Waals surface area contributed by atoms with Gasteiger partial charge in [-0.25, -0.2) is 0 Å². The van der Waals surface area contributed by atoms with Crippen LogP contribution in [0.25, 0.3) is 0 Å². The number of rotatable bonds is 8. The topological polar surface area (TPSA) is 84.9 Å². The van der Waals surface area contributed by atoms with E-state index in [1.807, 2.05) is 18.2 Å². The lowest BCUT2D eigenvalue weighted by molar-refractivity contribution is -0.137. The molecule has 2 rings (SSSR count). The maximum absolute atomic E-state index is 11.6. The molecule has 0 fully saturated rings. The highest BCUT2D eigenvalue weighted by Gasteiger charge is 2.09. The Hall–Kier alpha value is -1.58. The minimum atomic E-state index is -0.935. The van der Waals surface area contributed by atoms with Crippen molar-refractivity contribution >= 4 is 59.7 Å². The Balaban J connectivity index is 1.92. The van der Waals surface area contributed by atoms with Crippen LogP contribution in [0, 0.1) is 0 Å². The van der Waals surface area contributed by atoms with Gasteiger partial charge in [0.25, 0.3) is 5.91 Å². The fourth-order valence-corrected chi connectivity index (χ4v) is 3.44. The Morgan fingerprint density at radius 3 is 2.23 bits per heavy atom. The first-order chi connectivity index (χ1) is 12.3. The van der Waals surface area contributed by atoms with E-state index in [1.165, 1.54) is 0 Å². The average molecular weight is 552 g/mol. The van der Waals surface area contributed by atoms with Crippen molar-refractivity contribution in [1.82, 2.24) is 5.48 Å². The molecule has 0 heterocycles. The molecule has 2 aromatic carbocycles. The van der Waals surface area contributed by atoms with Gasteiger partial charge in [-0.2, -0.15) is 5.48 Å². The molecule has 0 aliphatic rings. The summed E-state index contributed by atoms with van der Waals surface area (Å²) < 4.78 is 8.21. The number of nitrogens with one attached hydrogen (secondary N) is 1. The van der Waals surface area contributed by atoms with Crippen molar-refractivity contribution in [3.05, 3.63) is 49.8 Å². The van der Waals surface area contributed by atoms with Gasteiger partial charge in [-0.3, -0.25) is 9.59 Å². The quantitative estimate of drug-likeness (QED) is 0.427. The van der Waals surface area contributed by atoms with Crippen LogP contribution in [0.15, 0.2) is 49.8 Å². The first-order valence-electron chi connectivity index (χ1n) is 7.45. The Bertz CT molecular complexity index is 813. The number of carbonyl (C=O) groups is 2. The van der Waals surface area contributed by atoms with Gasteiger partial charge in [0, 0.05) is 23.4 Å². The maximum atomic E-state index is 11.6. The molecule has 0 aromatic heterocycles. The molecule has 138 valence electrons. The largest absolute Gasteiger partial charge is 0.481 e. The summed E-state index contributed by atoms with van der Waals surface area (Å²) in [6, 6.07) is 10.6. The number of hydrogen-bond donors (Lipinski definition) is 2. The lowest BCUT2D eigenvalue weighted by atomic mass is 10.2. The van der Waals surface area contributed by atoms with E-state index in [1.54, 1.807) is 18.2 Å². The zero-order valence-corrected chi connectivity index (χ0v) is 18.1. The van der Waals surface area contributed by atoms with Gasteiger partial charge in [-0.05, 0) is 68.6 Å². The second kappa shape index (κ2) is 9.94. The Morgan fingerprint density at radius 1 is 0.962 bits per heavy atom. The maximum Gasteiger partial charge on any atom is 0.303 e. The van der Waals surface area contributed by atoms with E-state index in [0.717, 1.165) is 8.95 Å². The van der Waals surface area contributed by atoms with Gasteiger partial charge >= 0.3 is 5.97 Å². The van der Waals surface area contributed by atoms with Crippen LogP contribution in [0.1, 0.15) is 19.3 Å². The number of amides is 1. The molecule has 9 heteroatoms. The molecular weight excluding hydrogens is 538 g/mol. The molecule has 0 saturated heterocycles. The average Bonchev–Trinajstić information content (AvgIpc) is 2.57. The number of benzene rings is 2. The zero-order valence-electron chi connectivity index (χ0n) is 13.3.